The molecule has 9 heteroatoms. The fraction of sp³-hybridized carbons (Fsp3) is 0.368. The summed E-state index contributed by atoms with van der Waals surface area (Å²) in [6, 6.07) is 5.20. The van der Waals surface area contributed by atoms with Crippen LogP contribution < -0.4 is 16.6 Å². The molecule has 0 spiro atoms. The predicted molar refractivity (Wildman–Crippen MR) is 103 cm³/mol. The van der Waals surface area contributed by atoms with E-state index >= 15 is 0 Å². The molecule has 1 saturated heterocycles. The number of pyridine rings is 1. The van der Waals surface area contributed by atoms with E-state index in [-0.39, 0.29) is 22.3 Å². The lowest BCUT2D eigenvalue weighted by molar-refractivity contribution is 0.0933. The van der Waals surface area contributed by atoms with Crippen molar-refractivity contribution in [2.45, 2.75) is 19.4 Å². The predicted octanol–water partition coefficient (Wildman–Crippen LogP) is 2.53. The van der Waals surface area contributed by atoms with E-state index in [2.05, 4.69) is 15.2 Å². The second-order valence-electron chi connectivity index (χ2n) is 6.95. The normalized spacial score (nSPS) is 15.5. The van der Waals surface area contributed by atoms with Crippen LogP contribution in [0.15, 0.2) is 29.1 Å². The van der Waals surface area contributed by atoms with Gasteiger partial charge >= 0.3 is 0 Å². The molecule has 150 valence electrons. The van der Waals surface area contributed by atoms with Crippen LogP contribution in [0.25, 0.3) is 0 Å². The number of anilines is 1. The summed E-state index contributed by atoms with van der Waals surface area (Å²) in [5.41, 5.74) is 5.57. The topological polar surface area (TPSA) is 91.2 Å². The molecule has 0 atom stereocenters. The van der Waals surface area contributed by atoms with Crippen molar-refractivity contribution in [1.29, 1.82) is 0 Å². The molecule has 1 fully saturated rings. The van der Waals surface area contributed by atoms with Crippen LogP contribution in [0, 0.1) is 17.6 Å². The number of nitrogens with one attached hydrogen (secondary N) is 2. The number of carbonyl (C=O) groups is 1. The number of nitrogens with two attached hydrogens (primary N) is 1. The lowest BCUT2D eigenvalue weighted by Gasteiger charge is -2.32. The van der Waals surface area contributed by atoms with Gasteiger partial charge in [0.15, 0.2) is 11.6 Å². The number of amides is 1. The zero-order valence-corrected chi connectivity index (χ0v) is 15.9. The van der Waals surface area contributed by atoms with Crippen molar-refractivity contribution in [3.8, 4) is 0 Å². The van der Waals surface area contributed by atoms with E-state index in [4.69, 9.17) is 17.3 Å². The van der Waals surface area contributed by atoms with Gasteiger partial charge in [-0.3, -0.25) is 14.5 Å². The van der Waals surface area contributed by atoms with Gasteiger partial charge in [-0.2, -0.15) is 0 Å². The highest BCUT2D eigenvalue weighted by Crippen LogP contribution is 2.20. The second-order valence-corrected chi connectivity index (χ2v) is 7.36. The van der Waals surface area contributed by atoms with Crippen molar-refractivity contribution >= 4 is 23.3 Å². The number of likely N-dealkylation sites (tertiary alicyclic amines) is 1. The molecule has 6 nitrogen and oxygen atoms in total. The van der Waals surface area contributed by atoms with Crippen LogP contribution in [0.4, 0.5) is 14.6 Å². The maximum Gasteiger partial charge on any atom is 0.262 e. The van der Waals surface area contributed by atoms with Gasteiger partial charge in [-0.15, -0.1) is 0 Å². The van der Waals surface area contributed by atoms with Crippen LogP contribution in [0.3, 0.4) is 0 Å². The Kier molecular flexibility index (Phi) is 6.31. The van der Waals surface area contributed by atoms with Crippen LogP contribution in [-0.2, 0) is 6.54 Å². The maximum atomic E-state index is 13.3. The molecule has 0 saturated carbocycles. The molecule has 4 N–H and O–H groups in total. The van der Waals surface area contributed by atoms with Gasteiger partial charge in [-0.25, -0.2) is 8.78 Å². The van der Waals surface area contributed by atoms with Crippen molar-refractivity contribution in [2.24, 2.45) is 5.92 Å². The van der Waals surface area contributed by atoms with E-state index in [0.29, 0.717) is 13.1 Å². The number of H-pyrrole nitrogens is 1. The fourth-order valence-electron chi connectivity index (χ4n) is 3.27. The molecule has 0 radical (unpaired) electrons. The number of hydrogen-bond acceptors (Lipinski definition) is 4. The third-order valence-electron chi connectivity index (χ3n) is 4.91. The van der Waals surface area contributed by atoms with E-state index < -0.39 is 23.1 Å². The number of carbonyl (C=O) groups excluding carboxylic acids is 1. The summed E-state index contributed by atoms with van der Waals surface area (Å²) in [7, 11) is 0. The molecule has 2 heterocycles. The molecule has 0 bridgehead atoms. The SMILES string of the molecule is Nc1[nH]c(=O)c(C(=O)NCC2CCN(Cc3ccc(F)c(F)c3)CC2)cc1Cl. The van der Waals surface area contributed by atoms with E-state index in [1.54, 1.807) is 6.07 Å². The first kappa shape index (κ1) is 20.3. The molecule has 1 aromatic carbocycles. The van der Waals surface area contributed by atoms with Crippen molar-refractivity contribution in [3.63, 3.8) is 0 Å². The third kappa shape index (κ3) is 4.88. The third-order valence-corrected chi connectivity index (χ3v) is 5.23. The van der Waals surface area contributed by atoms with Crippen molar-refractivity contribution in [2.75, 3.05) is 25.4 Å². The molecule has 2 aromatic rings. The van der Waals surface area contributed by atoms with Crippen LogP contribution in [-0.4, -0.2) is 35.4 Å². The first-order chi connectivity index (χ1) is 13.3. The molecular weight excluding hydrogens is 390 g/mol. The summed E-state index contributed by atoms with van der Waals surface area (Å²) in [5.74, 6) is -1.88. The first-order valence-electron chi connectivity index (χ1n) is 8.96. The number of rotatable bonds is 5. The number of benzene rings is 1. The first-order valence-corrected chi connectivity index (χ1v) is 9.34. The van der Waals surface area contributed by atoms with Gasteiger partial charge in [-0.1, -0.05) is 17.7 Å². The summed E-state index contributed by atoms with van der Waals surface area (Å²) in [6.45, 7) is 2.57. The average molecular weight is 411 g/mol. The van der Waals surface area contributed by atoms with Crippen LogP contribution >= 0.6 is 11.6 Å². The van der Waals surface area contributed by atoms with E-state index in [0.717, 1.165) is 37.6 Å². The zero-order chi connectivity index (χ0) is 20.3. The van der Waals surface area contributed by atoms with Gasteiger partial charge in [0.25, 0.3) is 11.5 Å². The van der Waals surface area contributed by atoms with Crippen molar-refractivity contribution in [1.82, 2.24) is 15.2 Å². The highest BCUT2D eigenvalue weighted by molar-refractivity contribution is 6.33. The maximum absolute atomic E-state index is 13.3. The number of piperidine rings is 1. The fourth-order valence-corrected chi connectivity index (χ4v) is 3.42. The van der Waals surface area contributed by atoms with Crippen LogP contribution in [0.5, 0.6) is 0 Å². The lowest BCUT2D eigenvalue weighted by atomic mass is 9.96. The largest absolute Gasteiger partial charge is 0.384 e. The molecule has 0 aliphatic carbocycles. The summed E-state index contributed by atoms with van der Waals surface area (Å²) in [6.07, 6.45) is 1.70. The van der Waals surface area contributed by atoms with Gasteiger partial charge < -0.3 is 16.0 Å². The Morgan fingerprint density at radius 3 is 2.64 bits per heavy atom. The van der Waals surface area contributed by atoms with Gasteiger partial charge in [0.1, 0.15) is 11.4 Å². The Morgan fingerprint density at radius 1 is 1.25 bits per heavy atom. The van der Waals surface area contributed by atoms with Crippen LogP contribution in [0.2, 0.25) is 5.02 Å². The molecule has 1 aliphatic rings. The molecule has 1 aromatic heterocycles. The molecule has 28 heavy (non-hydrogen) atoms. The summed E-state index contributed by atoms with van der Waals surface area (Å²) in [4.78, 5) is 28.6. The lowest BCUT2D eigenvalue weighted by Crippen LogP contribution is -2.39. The Balaban J connectivity index is 1.48. The summed E-state index contributed by atoms with van der Waals surface area (Å²) < 4.78 is 26.3. The molecule has 3 rings (SSSR count). The number of halogens is 3. The summed E-state index contributed by atoms with van der Waals surface area (Å²) in [5, 5.41) is 2.89. The van der Waals surface area contributed by atoms with Gasteiger partial charge in [0, 0.05) is 13.1 Å². The molecule has 0 unspecified atom stereocenters. The van der Waals surface area contributed by atoms with E-state index in [9.17, 15) is 18.4 Å². The van der Waals surface area contributed by atoms with Gasteiger partial charge in [0.05, 0.1) is 5.02 Å². The number of hydrogen-bond donors (Lipinski definition) is 3. The molecule has 1 amide bonds. The minimum atomic E-state index is -0.848. The van der Waals surface area contributed by atoms with Crippen molar-refractivity contribution in [3.05, 3.63) is 62.4 Å². The smallest absolute Gasteiger partial charge is 0.262 e. The van der Waals surface area contributed by atoms with Crippen LogP contribution in [0.1, 0.15) is 28.8 Å². The average Bonchev–Trinajstić information content (AvgIpc) is 2.67. The number of nitrogen functional groups attached to an aromatic ring is 1. The van der Waals surface area contributed by atoms with Gasteiger partial charge in [0.2, 0.25) is 0 Å². The summed E-state index contributed by atoms with van der Waals surface area (Å²) >= 11 is 5.85. The standard InChI is InChI=1S/C19H21ClF2N4O2/c20-14-8-13(19(28)25-17(14)23)18(27)24-9-11-3-5-26(6-4-11)10-12-1-2-15(21)16(22)7-12/h1-2,7-8,11H,3-6,9-10H2,(H,24,27)(H3,23,25,28). The Hall–Kier alpha value is -2.45. The quantitative estimate of drug-likeness (QED) is 0.706. The Labute approximate surface area is 165 Å². The van der Waals surface area contributed by atoms with E-state index in [1.165, 1.54) is 12.1 Å². The monoisotopic (exact) mass is 410 g/mol. The van der Waals surface area contributed by atoms with E-state index in [1.807, 2.05) is 0 Å². The van der Waals surface area contributed by atoms with Crippen molar-refractivity contribution < 1.29 is 13.6 Å². The highest BCUT2D eigenvalue weighted by atomic mass is 35.5. The highest BCUT2D eigenvalue weighted by Gasteiger charge is 2.21. The minimum absolute atomic E-state index is 0.0247. The Morgan fingerprint density at radius 2 is 1.96 bits per heavy atom. The van der Waals surface area contributed by atoms with Gasteiger partial charge in [-0.05, 0) is 55.6 Å². The number of aromatic nitrogens is 1. The number of aromatic amines is 1. The second kappa shape index (κ2) is 8.70. The number of nitrogens with zero attached hydrogens (tertiary/aromatic N) is 1. The molecule has 1 aliphatic heterocycles. The molecular formula is C19H21ClF2N4O2. The minimum Gasteiger partial charge on any atom is -0.384 e. The zero-order valence-electron chi connectivity index (χ0n) is 15.1. The Bertz CT molecular complexity index is 927.